The van der Waals surface area contributed by atoms with Crippen molar-refractivity contribution >= 4 is 34.2 Å². The van der Waals surface area contributed by atoms with Crippen molar-refractivity contribution in [2.24, 2.45) is 0 Å². The van der Waals surface area contributed by atoms with Gasteiger partial charge in [0.1, 0.15) is 11.3 Å². The summed E-state index contributed by atoms with van der Waals surface area (Å²) in [5, 5.41) is 3.99. The molecule has 2 aromatic carbocycles. The van der Waals surface area contributed by atoms with Gasteiger partial charge in [0.25, 0.3) is 5.91 Å². The van der Waals surface area contributed by atoms with Crippen LogP contribution in [0.25, 0.3) is 11.0 Å². The number of nitrogens with one attached hydrogen (secondary N) is 1. The molecule has 128 valence electrons. The summed E-state index contributed by atoms with van der Waals surface area (Å²) in [6.45, 7) is 1.78. The van der Waals surface area contributed by atoms with Crippen molar-refractivity contribution in [3.63, 3.8) is 0 Å². The third-order valence-electron chi connectivity index (χ3n) is 3.70. The Morgan fingerprint density at radius 2 is 2.00 bits per heavy atom. The summed E-state index contributed by atoms with van der Waals surface area (Å²) in [5.74, 6) is 0.107. The summed E-state index contributed by atoms with van der Waals surface area (Å²) < 4.78 is 10.7. The van der Waals surface area contributed by atoms with Crippen LogP contribution in [0.2, 0.25) is 5.02 Å². The normalized spacial score (nSPS) is 10.6. The maximum absolute atomic E-state index is 12.0. The van der Waals surface area contributed by atoms with E-state index in [-0.39, 0.29) is 12.5 Å². The van der Waals surface area contributed by atoms with Crippen molar-refractivity contribution in [2.45, 2.75) is 13.3 Å². The van der Waals surface area contributed by atoms with Crippen molar-refractivity contribution in [3.8, 4) is 5.75 Å². The van der Waals surface area contributed by atoms with E-state index in [0.717, 1.165) is 17.4 Å². The van der Waals surface area contributed by atoms with Crippen LogP contribution in [-0.4, -0.2) is 12.5 Å². The molecule has 0 aliphatic heterocycles. The monoisotopic (exact) mass is 357 g/mol. The van der Waals surface area contributed by atoms with Gasteiger partial charge >= 0.3 is 5.63 Å². The highest BCUT2D eigenvalue weighted by molar-refractivity contribution is 6.33. The van der Waals surface area contributed by atoms with Gasteiger partial charge in [0, 0.05) is 17.5 Å². The first-order chi connectivity index (χ1) is 12.1. The Morgan fingerprint density at radius 1 is 1.20 bits per heavy atom. The standard InChI is InChI=1S/C19H16ClNO4/c1-2-12-9-19(23)25-17-10-13(7-8-14(12)17)24-11-18(22)21-16-6-4-3-5-15(16)20/h3-10H,2,11H2,1H3,(H,21,22). The maximum Gasteiger partial charge on any atom is 0.336 e. The number of fused-ring (bicyclic) bond motifs is 1. The Labute approximate surface area is 149 Å². The van der Waals surface area contributed by atoms with E-state index in [9.17, 15) is 9.59 Å². The van der Waals surface area contributed by atoms with Gasteiger partial charge in [-0.25, -0.2) is 4.79 Å². The molecule has 1 aromatic heterocycles. The van der Waals surface area contributed by atoms with E-state index in [1.165, 1.54) is 6.07 Å². The summed E-state index contributed by atoms with van der Waals surface area (Å²) in [7, 11) is 0. The van der Waals surface area contributed by atoms with Crippen molar-refractivity contribution < 1.29 is 13.9 Å². The molecule has 25 heavy (non-hydrogen) atoms. The number of benzene rings is 2. The summed E-state index contributed by atoms with van der Waals surface area (Å²) in [6.07, 6.45) is 0.725. The topological polar surface area (TPSA) is 68.5 Å². The van der Waals surface area contributed by atoms with E-state index < -0.39 is 5.63 Å². The van der Waals surface area contributed by atoms with Crippen LogP contribution in [0.15, 0.2) is 57.7 Å². The van der Waals surface area contributed by atoms with Gasteiger partial charge in [-0.2, -0.15) is 0 Å². The molecule has 0 bridgehead atoms. The van der Waals surface area contributed by atoms with Crippen LogP contribution in [0.3, 0.4) is 0 Å². The zero-order valence-electron chi connectivity index (χ0n) is 13.5. The second-order valence-electron chi connectivity index (χ2n) is 5.42. The minimum atomic E-state index is -0.405. The SMILES string of the molecule is CCc1cc(=O)oc2cc(OCC(=O)Nc3ccccc3Cl)ccc12. The Morgan fingerprint density at radius 3 is 2.76 bits per heavy atom. The number of carbonyl (C=O) groups excluding carboxylic acids is 1. The largest absolute Gasteiger partial charge is 0.484 e. The van der Waals surface area contributed by atoms with Crippen LogP contribution in [0.1, 0.15) is 12.5 Å². The van der Waals surface area contributed by atoms with Crippen LogP contribution in [0.4, 0.5) is 5.69 Å². The Balaban J connectivity index is 1.72. The fourth-order valence-electron chi connectivity index (χ4n) is 2.49. The molecule has 0 aliphatic carbocycles. The molecule has 6 heteroatoms. The molecule has 1 N–H and O–H groups in total. The fraction of sp³-hybridized carbons (Fsp3) is 0.158. The predicted octanol–water partition coefficient (Wildman–Crippen LogP) is 4.03. The number of para-hydroxylation sites is 1. The molecule has 3 aromatic rings. The molecule has 0 unspecified atom stereocenters. The van der Waals surface area contributed by atoms with Crippen LogP contribution < -0.4 is 15.7 Å². The molecule has 0 atom stereocenters. The number of carbonyl (C=O) groups is 1. The number of anilines is 1. The van der Waals surface area contributed by atoms with Gasteiger partial charge in [-0.1, -0.05) is 30.7 Å². The van der Waals surface area contributed by atoms with E-state index in [2.05, 4.69) is 5.32 Å². The summed E-state index contributed by atoms with van der Waals surface area (Å²) >= 11 is 6.00. The van der Waals surface area contributed by atoms with Crippen LogP contribution in [0.5, 0.6) is 5.75 Å². The molecule has 0 spiro atoms. The summed E-state index contributed by atoms with van der Waals surface area (Å²) in [4.78, 5) is 23.6. The van der Waals surface area contributed by atoms with Crippen LogP contribution in [-0.2, 0) is 11.2 Å². The molecular weight excluding hydrogens is 342 g/mol. The zero-order valence-corrected chi connectivity index (χ0v) is 14.3. The summed E-state index contributed by atoms with van der Waals surface area (Å²) in [6, 6.07) is 13.6. The van der Waals surface area contributed by atoms with E-state index in [1.54, 1.807) is 36.4 Å². The minimum Gasteiger partial charge on any atom is -0.484 e. The fourth-order valence-corrected chi connectivity index (χ4v) is 2.67. The molecule has 0 radical (unpaired) electrons. The van der Waals surface area contributed by atoms with Crippen molar-refractivity contribution in [1.82, 2.24) is 0 Å². The van der Waals surface area contributed by atoms with Crippen molar-refractivity contribution in [1.29, 1.82) is 0 Å². The number of halogens is 1. The second-order valence-corrected chi connectivity index (χ2v) is 5.83. The smallest absolute Gasteiger partial charge is 0.336 e. The lowest BCUT2D eigenvalue weighted by Gasteiger charge is -2.09. The zero-order chi connectivity index (χ0) is 17.8. The molecule has 5 nitrogen and oxygen atoms in total. The number of hydrogen-bond acceptors (Lipinski definition) is 4. The van der Waals surface area contributed by atoms with Gasteiger partial charge in [-0.05, 0) is 36.2 Å². The Bertz CT molecular complexity index is 981. The van der Waals surface area contributed by atoms with Gasteiger partial charge < -0.3 is 14.5 Å². The van der Waals surface area contributed by atoms with E-state index >= 15 is 0 Å². The van der Waals surface area contributed by atoms with E-state index in [4.69, 9.17) is 20.8 Å². The highest BCUT2D eigenvalue weighted by atomic mass is 35.5. The Kier molecular flexibility index (Phi) is 5.05. The highest BCUT2D eigenvalue weighted by Gasteiger charge is 2.09. The van der Waals surface area contributed by atoms with Gasteiger partial charge in [0.05, 0.1) is 10.7 Å². The maximum atomic E-state index is 12.0. The highest BCUT2D eigenvalue weighted by Crippen LogP contribution is 2.23. The van der Waals surface area contributed by atoms with Crippen molar-refractivity contribution in [3.05, 3.63) is 69.5 Å². The van der Waals surface area contributed by atoms with Gasteiger partial charge in [-0.15, -0.1) is 0 Å². The molecule has 0 saturated heterocycles. The lowest BCUT2D eigenvalue weighted by molar-refractivity contribution is -0.118. The second kappa shape index (κ2) is 7.40. The third kappa shape index (κ3) is 4.00. The third-order valence-corrected chi connectivity index (χ3v) is 4.03. The quantitative estimate of drug-likeness (QED) is 0.700. The molecule has 1 heterocycles. The minimum absolute atomic E-state index is 0.186. The molecule has 0 fully saturated rings. The Hall–Kier alpha value is -2.79. The lowest BCUT2D eigenvalue weighted by atomic mass is 10.1. The summed E-state index contributed by atoms with van der Waals surface area (Å²) in [5.41, 5.74) is 1.47. The van der Waals surface area contributed by atoms with Gasteiger partial charge in [0.15, 0.2) is 6.61 Å². The number of aryl methyl sites for hydroxylation is 1. The number of rotatable bonds is 5. The number of ether oxygens (including phenoxy) is 1. The van der Waals surface area contributed by atoms with Gasteiger partial charge in [-0.3, -0.25) is 4.79 Å². The number of amides is 1. The first-order valence-electron chi connectivity index (χ1n) is 7.81. The lowest BCUT2D eigenvalue weighted by Crippen LogP contribution is -2.20. The van der Waals surface area contributed by atoms with Gasteiger partial charge in [0.2, 0.25) is 0 Å². The number of hydrogen-bond donors (Lipinski definition) is 1. The first-order valence-corrected chi connectivity index (χ1v) is 8.18. The van der Waals surface area contributed by atoms with E-state index in [1.807, 2.05) is 13.0 Å². The molecule has 3 rings (SSSR count). The molecule has 1 amide bonds. The molecule has 0 aliphatic rings. The van der Waals surface area contributed by atoms with E-state index in [0.29, 0.717) is 22.0 Å². The van der Waals surface area contributed by atoms with Crippen molar-refractivity contribution in [2.75, 3.05) is 11.9 Å². The first kappa shape index (κ1) is 17.0. The average Bonchev–Trinajstić information content (AvgIpc) is 2.60. The average molecular weight is 358 g/mol. The predicted molar refractivity (Wildman–Crippen MR) is 97.4 cm³/mol. The molecular formula is C19H16ClNO4. The van der Waals surface area contributed by atoms with Crippen LogP contribution >= 0.6 is 11.6 Å². The van der Waals surface area contributed by atoms with Crippen LogP contribution in [0, 0.1) is 0 Å². The molecule has 0 saturated carbocycles.